The van der Waals surface area contributed by atoms with Crippen molar-refractivity contribution in [3.8, 4) is 31.7 Å². The topological polar surface area (TPSA) is 249 Å². The van der Waals surface area contributed by atoms with Crippen molar-refractivity contribution in [1.29, 1.82) is 0 Å². The molecule has 8 aromatic heterocycles. The Balaban J connectivity index is 0.000000174. The molecule has 0 atom stereocenters. The van der Waals surface area contributed by atoms with E-state index in [1.54, 1.807) is 69.9 Å². The van der Waals surface area contributed by atoms with Crippen LogP contribution in [-0.4, -0.2) is 95.4 Å². The van der Waals surface area contributed by atoms with Gasteiger partial charge >= 0.3 is 23.9 Å². The van der Waals surface area contributed by atoms with Gasteiger partial charge in [-0.3, -0.25) is 29.0 Å². The summed E-state index contributed by atoms with van der Waals surface area (Å²) < 4.78 is 13.6. The normalized spacial score (nSPS) is 12.9. The molecule has 14 aromatic rings. The summed E-state index contributed by atoms with van der Waals surface area (Å²) in [6.07, 6.45) is 32.3. The molecule has 21 nitrogen and oxygen atoms in total. The first-order chi connectivity index (χ1) is 60.3. The Morgan fingerprint density at radius 2 is 0.841 bits per heavy atom. The number of nitrogens with zero attached hydrogens (tertiary/aromatic N) is 11. The third kappa shape index (κ3) is 28.9. The number of alkyl halides is 1. The maximum absolute atomic E-state index is 11.9. The number of halogens is 2. The van der Waals surface area contributed by atoms with Crippen molar-refractivity contribution in [2.24, 2.45) is 7.05 Å². The van der Waals surface area contributed by atoms with Crippen molar-refractivity contribution in [2.45, 2.75) is 159 Å². The average Bonchev–Trinajstić information content (AvgIpc) is 1.64. The molecule has 0 aliphatic carbocycles. The predicted octanol–water partition coefficient (Wildman–Crippen LogP) is 19.1. The Morgan fingerprint density at radius 3 is 1.24 bits per heavy atom. The van der Waals surface area contributed by atoms with E-state index in [0.29, 0.717) is 24.3 Å². The van der Waals surface area contributed by atoms with Gasteiger partial charge in [-0.25, -0.2) is 33.4 Å². The number of benzene rings is 6. The fourth-order valence-corrected chi connectivity index (χ4v) is 20.1. The zero-order valence-corrected chi connectivity index (χ0v) is 78.1. The number of imide groups is 1. The largest absolute Gasteiger partial charge is 1.00 e. The van der Waals surface area contributed by atoms with Gasteiger partial charge in [-0.2, -0.15) is 4.57 Å². The number of thiazole rings is 4. The predicted molar refractivity (Wildman–Crippen MR) is 510 cm³/mol. The molecule has 126 heavy (non-hydrogen) atoms. The van der Waals surface area contributed by atoms with Gasteiger partial charge < -0.3 is 46.9 Å². The summed E-state index contributed by atoms with van der Waals surface area (Å²) in [6.45, 7) is 4.87. The number of hydroxylamine groups is 2. The summed E-state index contributed by atoms with van der Waals surface area (Å²) in [5.41, 5.74) is 12.7. The smallest absolute Gasteiger partial charge is 0.333 e. The first-order valence-electron chi connectivity index (χ1n) is 41.4. The van der Waals surface area contributed by atoms with E-state index >= 15 is 0 Å². The monoisotopic (exact) mass is 1930 g/mol. The van der Waals surface area contributed by atoms with Crippen LogP contribution in [0.3, 0.4) is 0 Å². The number of carboxylic acid groups (broad SMARTS) is 3. The minimum atomic E-state index is -0.713. The lowest BCUT2D eigenvalue weighted by Crippen LogP contribution is -3.00. The van der Waals surface area contributed by atoms with E-state index in [4.69, 9.17) is 35.1 Å². The second-order valence-corrected chi connectivity index (χ2v) is 36.8. The quantitative estimate of drug-likeness (QED) is 0.0171. The number of carbonyl (C=O) groups excluding carboxylic acids is 3. The molecule has 0 unspecified atom stereocenters. The number of aryl methyl sites for hydroxylation is 5. The molecule has 29 heteroatoms. The van der Waals surface area contributed by atoms with Crippen LogP contribution in [-0.2, 0) is 60.3 Å². The van der Waals surface area contributed by atoms with Gasteiger partial charge in [0.05, 0.1) is 52.1 Å². The number of para-hydroxylation sites is 3. The van der Waals surface area contributed by atoms with Gasteiger partial charge in [-0.05, 0) is 172 Å². The van der Waals surface area contributed by atoms with Crippen molar-refractivity contribution in [3.63, 3.8) is 0 Å². The van der Waals surface area contributed by atoms with Crippen LogP contribution in [0.4, 0.5) is 11.4 Å². The van der Waals surface area contributed by atoms with Gasteiger partial charge in [0.15, 0.2) is 37.2 Å². The molecule has 6 aromatic carbocycles. The van der Waals surface area contributed by atoms with Gasteiger partial charge in [0.2, 0.25) is 10.5 Å². The number of anilines is 2. The number of fused-ring (bicyclic) bond motifs is 6. The number of aliphatic carboxylic acids is 3. The Kier molecular flexibility index (Phi) is 38.6. The van der Waals surface area contributed by atoms with Crippen LogP contribution in [0.1, 0.15) is 139 Å². The number of carboxylic acids is 3. The molecule has 17 rings (SSSR count). The maximum Gasteiger partial charge on any atom is 0.333 e. The highest BCUT2D eigenvalue weighted by atomic mass is 79.9. The summed E-state index contributed by atoms with van der Waals surface area (Å²) in [6, 6.07) is 64.8. The Morgan fingerprint density at radius 1 is 0.452 bits per heavy atom. The fourth-order valence-electron chi connectivity index (χ4n) is 13.5. The lowest BCUT2D eigenvalue weighted by Gasteiger charge is -2.13. The molecular weight excluding hydrogens is 1830 g/mol. The Labute approximate surface area is 778 Å². The fraction of sp³-hybridized carbons (Fsp3) is 0.278. The highest BCUT2D eigenvalue weighted by Gasteiger charge is 2.33. The van der Waals surface area contributed by atoms with E-state index in [1.165, 1.54) is 66.1 Å². The van der Waals surface area contributed by atoms with Crippen LogP contribution in [0.25, 0.3) is 84.7 Å². The van der Waals surface area contributed by atoms with E-state index in [9.17, 15) is 28.8 Å². The standard InChI is InChI=1S/C31H29N4O4S2.C27H25N3O2S2.C16H13N2S2.C11H15NO2.C6H11BrO2.C5H5N.CH4.BrH/c1-33-24-11-10-22(31-32-23-7-4-5-8-25(23)41-31)20-26(24)40-29(33)19-21-14-17-34(18-15-21)16-6-2-3-9-30(38)39-35-27(36)12-13-28(35)37;1-29-22-11-10-20(27-28-21-7-4-5-8-23(21)34-27)18-24(22)33-25(29)17-19-12-15-30(16-13-19)14-6-2-3-9-26(31)32;1-10-18(2)13-8-7-11(9-15(13)19-10)16-17-12-5-3-4-6-14(12)20-16;13-11(14)7-3-1-4-8-12-9-5-2-6-10-12;7-5-3-1-2-4-6(8)9;1-2-4-6-5-3-1;;/h4-5,7-8,10-11,14-15,17-20H,2-3,6,9,12-13,16H2,1H3;4-5,7-8,10-13,15-18H,2-3,6,9,14H2,1H3;3-9H,1-2H3;2,5-6,9-10H,1,3-4,7-8H2;1-5H2,(H,8,9);1-5H;1H4;1H/q+1;;+1;;;;;/p+1. The second-order valence-electron chi connectivity index (χ2n) is 29.5. The zero-order valence-electron chi connectivity index (χ0n) is 70.1. The number of rotatable bonds is 29. The number of carbonyl (C=O) groups is 6. The van der Waals surface area contributed by atoms with Crippen molar-refractivity contribution in [3.05, 3.63) is 264 Å². The number of hydrogen-bond donors (Lipinski definition) is 3. The second kappa shape index (κ2) is 50.0. The molecule has 3 N–H and O–H groups in total. The van der Waals surface area contributed by atoms with Gasteiger partial charge in [0, 0.05) is 165 Å². The van der Waals surface area contributed by atoms with E-state index in [0.717, 1.165) is 149 Å². The Bertz CT molecular complexity index is 5870. The molecule has 11 heterocycles. The minimum Gasteiger partial charge on any atom is -1.00 e. The first kappa shape index (κ1) is 97.4. The molecule has 3 aliphatic heterocycles. The molecule has 1 saturated heterocycles. The number of hydrogen-bond acceptors (Lipinski definition) is 19. The van der Waals surface area contributed by atoms with E-state index in [1.807, 2.05) is 84.4 Å². The zero-order chi connectivity index (χ0) is 87.1. The molecule has 1 fully saturated rings. The van der Waals surface area contributed by atoms with Gasteiger partial charge in [-0.1, -0.05) is 113 Å². The molecule has 2 amide bonds. The highest BCUT2D eigenvalue weighted by Crippen LogP contribution is 2.49. The van der Waals surface area contributed by atoms with Gasteiger partial charge in [0.1, 0.15) is 46.4 Å². The van der Waals surface area contributed by atoms with Crippen LogP contribution in [0.2, 0.25) is 0 Å². The molecular formula is C97H104Br2N11O10S6+3. The van der Waals surface area contributed by atoms with Gasteiger partial charge in [0.25, 0.3) is 11.8 Å². The highest BCUT2D eigenvalue weighted by molar-refractivity contribution is 9.09. The molecule has 0 saturated carbocycles. The summed E-state index contributed by atoms with van der Waals surface area (Å²) in [4.78, 5) is 95.8. The van der Waals surface area contributed by atoms with Crippen LogP contribution < -0.4 is 45.0 Å². The first-order valence-corrected chi connectivity index (χ1v) is 47.4. The summed E-state index contributed by atoms with van der Waals surface area (Å²) >= 11 is 13.9. The summed E-state index contributed by atoms with van der Waals surface area (Å²) in [7, 11) is 6.33. The molecule has 0 bridgehead atoms. The maximum atomic E-state index is 11.9. The van der Waals surface area contributed by atoms with Crippen molar-refractivity contribution in [2.75, 3.05) is 29.2 Å². The van der Waals surface area contributed by atoms with Gasteiger partial charge in [-0.15, -0.1) is 39.1 Å². The van der Waals surface area contributed by atoms with Crippen LogP contribution in [0.15, 0.2) is 257 Å². The minimum absolute atomic E-state index is 0. The number of aromatic nitrogens is 8. The molecule has 0 radical (unpaired) electrons. The third-order valence-corrected chi connectivity index (χ3v) is 27.5. The molecule has 0 spiro atoms. The number of unbranched alkanes of at least 4 members (excludes halogenated alkanes) is 8. The van der Waals surface area contributed by atoms with Crippen LogP contribution >= 0.6 is 84.8 Å². The lowest BCUT2D eigenvalue weighted by atomic mass is 10.2. The number of pyridine rings is 4. The number of thioether (sulfide) groups is 2. The molecule has 3 aliphatic rings. The van der Waals surface area contributed by atoms with Crippen LogP contribution in [0.5, 0.6) is 0 Å². The Hall–Kier alpha value is -10.8. The van der Waals surface area contributed by atoms with Crippen molar-refractivity contribution < 1.29 is 84.2 Å². The summed E-state index contributed by atoms with van der Waals surface area (Å²) in [5, 5.41) is 33.8. The van der Waals surface area contributed by atoms with E-state index < -0.39 is 35.7 Å². The number of amides is 2. The molecule has 654 valence electrons. The summed E-state index contributed by atoms with van der Waals surface area (Å²) in [5.74, 6) is -3.53. The lowest BCUT2D eigenvalue weighted by molar-refractivity contribution is -0.697. The van der Waals surface area contributed by atoms with Crippen molar-refractivity contribution >= 4 is 185 Å². The third-order valence-electron chi connectivity index (χ3n) is 20.3. The van der Waals surface area contributed by atoms with E-state index in [-0.39, 0.29) is 50.1 Å². The SMILES string of the molecule is C.CN1C(=Cc2cc[n+](CCCCCC(=O)O)cc2)Sc2cc(-c3nc4ccccc4s3)ccc21.CN1C(=Cc2cc[n+](CCCCCC(=O)ON3C(=O)CCC3=O)cc2)Sc2cc(-c3nc4ccccc4s3)ccc21.Cc1sc2cc(-c3nc4ccccc4s3)ccc2[n+]1C.O=C(O)CCCCCBr.O=C(O)CCCCC[n+]1ccccc1.[Br-].c1ccncc1. The van der Waals surface area contributed by atoms with Crippen LogP contribution in [0, 0.1) is 6.92 Å². The van der Waals surface area contributed by atoms with Crippen molar-refractivity contribution in [1.82, 2.24) is 25.0 Å². The van der Waals surface area contributed by atoms with E-state index in [2.05, 4.69) is 241 Å². The average molecular weight is 1940 g/mol.